The summed E-state index contributed by atoms with van der Waals surface area (Å²) in [4.78, 5) is 22.6. The van der Waals surface area contributed by atoms with Gasteiger partial charge in [-0.3, -0.25) is 9.59 Å². The first-order chi connectivity index (χ1) is 7.99. The van der Waals surface area contributed by atoms with Crippen molar-refractivity contribution in [2.45, 2.75) is 13.5 Å². The summed E-state index contributed by atoms with van der Waals surface area (Å²) in [5.41, 5.74) is 5.71. The first-order valence-corrected chi connectivity index (χ1v) is 5.16. The number of thiocarbonyl (C=S) groups is 1. The zero-order valence-corrected chi connectivity index (χ0v) is 9.97. The monoisotopic (exact) mass is 256 g/mol. The Bertz CT molecular complexity index is 443. The van der Waals surface area contributed by atoms with Gasteiger partial charge in [-0.1, -0.05) is 17.4 Å². The molecule has 0 atom stereocenters. The normalized spacial score (nSPS) is 9.71. The molecule has 0 saturated carbocycles. The second kappa shape index (κ2) is 5.94. The van der Waals surface area contributed by atoms with Gasteiger partial charge in [-0.25, -0.2) is 0 Å². The fourth-order valence-electron chi connectivity index (χ4n) is 1.00. The summed E-state index contributed by atoms with van der Waals surface area (Å²) in [5.74, 6) is -0.938. The fourth-order valence-corrected chi connectivity index (χ4v) is 1.07. The second-order valence-electron chi connectivity index (χ2n) is 3.26. The van der Waals surface area contributed by atoms with Gasteiger partial charge in [0.1, 0.15) is 11.5 Å². The Morgan fingerprint density at radius 2 is 2.12 bits per heavy atom. The molecule has 17 heavy (non-hydrogen) atoms. The maximum atomic E-state index is 11.3. The molecule has 1 aromatic rings. The Morgan fingerprint density at radius 3 is 2.65 bits per heavy atom. The Kier molecular flexibility index (Phi) is 4.58. The lowest BCUT2D eigenvalue weighted by atomic mass is 10.3. The van der Waals surface area contributed by atoms with Crippen LogP contribution in [0.25, 0.3) is 0 Å². The summed E-state index contributed by atoms with van der Waals surface area (Å²) < 4.78 is 4.80. The van der Waals surface area contributed by atoms with Crippen molar-refractivity contribution in [1.29, 1.82) is 0 Å². The number of aryl methyl sites for hydroxylation is 1. The van der Waals surface area contributed by atoms with Gasteiger partial charge in [-0.15, -0.1) is 0 Å². The summed E-state index contributed by atoms with van der Waals surface area (Å²) >= 11 is 4.55. The summed E-state index contributed by atoms with van der Waals surface area (Å²) in [5, 5.41) is 8.30. The molecule has 0 aromatic carbocycles. The second-order valence-corrected chi connectivity index (χ2v) is 3.78. The maximum Gasteiger partial charge on any atom is 0.309 e. The maximum absolute atomic E-state index is 11.3. The number of carbonyl (C=O) groups excluding carboxylic acids is 2. The van der Waals surface area contributed by atoms with Gasteiger partial charge >= 0.3 is 11.8 Å². The summed E-state index contributed by atoms with van der Waals surface area (Å²) in [6.07, 6.45) is 0. The molecule has 0 unspecified atom stereocenters. The molecule has 1 aromatic heterocycles. The van der Waals surface area contributed by atoms with Crippen LogP contribution in [-0.2, 0) is 16.1 Å². The molecule has 0 spiro atoms. The van der Waals surface area contributed by atoms with E-state index in [1.165, 1.54) is 0 Å². The van der Waals surface area contributed by atoms with Crippen molar-refractivity contribution in [2.24, 2.45) is 5.73 Å². The number of carbonyl (C=O) groups is 2. The third kappa shape index (κ3) is 4.60. The first-order valence-electron chi connectivity index (χ1n) is 4.75. The van der Waals surface area contributed by atoms with Gasteiger partial charge in [0.25, 0.3) is 0 Å². The van der Waals surface area contributed by atoms with Crippen molar-refractivity contribution in [1.82, 2.24) is 15.8 Å². The number of nitrogens with zero attached hydrogens (tertiary/aromatic N) is 1. The molecule has 0 aliphatic carbocycles. The van der Waals surface area contributed by atoms with Crippen LogP contribution in [0.1, 0.15) is 11.5 Å². The van der Waals surface area contributed by atoms with Crippen LogP contribution < -0.4 is 16.4 Å². The average Bonchev–Trinajstić information content (AvgIpc) is 2.68. The number of aromatic nitrogens is 1. The number of hydrogen-bond acceptors (Lipinski definition) is 5. The molecule has 8 heteroatoms. The van der Waals surface area contributed by atoms with Crippen LogP contribution in [0.15, 0.2) is 10.6 Å². The van der Waals surface area contributed by atoms with Crippen molar-refractivity contribution in [3.63, 3.8) is 0 Å². The number of nitrogens with two attached hydrogens (primary N) is 1. The van der Waals surface area contributed by atoms with Crippen LogP contribution in [0, 0.1) is 6.92 Å². The van der Waals surface area contributed by atoms with E-state index in [0.29, 0.717) is 11.5 Å². The lowest BCUT2D eigenvalue weighted by Gasteiger charge is -2.03. The third-order valence-electron chi connectivity index (χ3n) is 1.74. The first kappa shape index (κ1) is 13.1. The van der Waals surface area contributed by atoms with E-state index in [1.807, 2.05) is 0 Å². The Hall–Kier alpha value is -1.96. The molecule has 0 aliphatic heterocycles. The van der Waals surface area contributed by atoms with Crippen LogP contribution in [0.4, 0.5) is 0 Å². The summed E-state index contributed by atoms with van der Waals surface area (Å²) in [6, 6.07) is 1.66. The number of amides is 2. The van der Waals surface area contributed by atoms with Crippen LogP contribution in [-0.4, -0.2) is 28.5 Å². The van der Waals surface area contributed by atoms with Gasteiger partial charge in [-0.2, -0.15) is 0 Å². The highest BCUT2D eigenvalue weighted by molar-refractivity contribution is 7.80. The average molecular weight is 256 g/mol. The van der Waals surface area contributed by atoms with E-state index in [0.717, 1.165) is 0 Å². The smallest absolute Gasteiger partial charge is 0.309 e. The SMILES string of the molecule is Cc1cc(CNC(=O)C(=O)NCC(N)=S)no1. The molecule has 4 N–H and O–H groups in total. The van der Waals surface area contributed by atoms with Crippen LogP contribution in [0.3, 0.4) is 0 Å². The highest BCUT2D eigenvalue weighted by Crippen LogP contribution is 2.00. The molecular formula is C9H12N4O3S. The highest BCUT2D eigenvalue weighted by Gasteiger charge is 2.13. The predicted octanol–water partition coefficient (Wildman–Crippen LogP) is -0.998. The van der Waals surface area contributed by atoms with Gasteiger partial charge in [0.15, 0.2) is 0 Å². The summed E-state index contributed by atoms with van der Waals surface area (Å²) in [7, 11) is 0. The molecule has 1 heterocycles. The summed E-state index contributed by atoms with van der Waals surface area (Å²) in [6.45, 7) is 1.84. The van der Waals surface area contributed by atoms with Crippen molar-refractivity contribution in [3.05, 3.63) is 17.5 Å². The lowest BCUT2D eigenvalue weighted by Crippen LogP contribution is -2.42. The largest absolute Gasteiger partial charge is 0.392 e. The minimum absolute atomic E-state index is 0.00927. The van der Waals surface area contributed by atoms with Crippen molar-refractivity contribution < 1.29 is 14.1 Å². The van der Waals surface area contributed by atoms with Gasteiger partial charge < -0.3 is 20.9 Å². The lowest BCUT2D eigenvalue weighted by molar-refractivity contribution is -0.139. The molecule has 1 rings (SSSR count). The van der Waals surface area contributed by atoms with Crippen LogP contribution >= 0.6 is 12.2 Å². The molecule has 7 nitrogen and oxygen atoms in total. The van der Waals surface area contributed by atoms with Crippen molar-refractivity contribution >= 4 is 29.0 Å². The Morgan fingerprint density at radius 1 is 1.47 bits per heavy atom. The van der Waals surface area contributed by atoms with E-state index >= 15 is 0 Å². The molecule has 2 amide bonds. The Labute approximate surface area is 103 Å². The van der Waals surface area contributed by atoms with E-state index < -0.39 is 11.8 Å². The quantitative estimate of drug-likeness (QED) is 0.471. The van der Waals surface area contributed by atoms with Crippen LogP contribution in [0.2, 0.25) is 0 Å². The predicted molar refractivity (Wildman–Crippen MR) is 62.9 cm³/mol. The molecule has 0 aliphatic rings. The van der Waals surface area contributed by atoms with Crippen molar-refractivity contribution in [3.8, 4) is 0 Å². The van der Waals surface area contributed by atoms with Gasteiger partial charge in [0, 0.05) is 6.07 Å². The Balaban J connectivity index is 2.34. The topological polar surface area (TPSA) is 110 Å². The highest BCUT2D eigenvalue weighted by atomic mass is 32.1. The number of nitrogens with one attached hydrogen (secondary N) is 2. The molecule has 92 valence electrons. The van der Waals surface area contributed by atoms with E-state index in [9.17, 15) is 9.59 Å². The zero-order valence-electron chi connectivity index (χ0n) is 9.15. The van der Waals surface area contributed by atoms with Crippen LogP contribution in [0.5, 0.6) is 0 Å². The van der Waals surface area contributed by atoms with E-state index in [-0.39, 0.29) is 18.1 Å². The van der Waals surface area contributed by atoms with Crippen molar-refractivity contribution in [2.75, 3.05) is 6.54 Å². The van der Waals surface area contributed by atoms with E-state index in [4.69, 9.17) is 10.3 Å². The molecule has 0 bridgehead atoms. The van der Waals surface area contributed by atoms with E-state index in [2.05, 4.69) is 28.0 Å². The van der Waals surface area contributed by atoms with Gasteiger partial charge in [0.05, 0.1) is 18.1 Å². The number of rotatable bonds is 4. The zero-order chi connectivity index (χ0) is 12.8. The van der Waals surface area contributed by atoms with E-state index in [1.54, 1.807) is 13.0 Å². The molecular weight excluding hydrogens is 244 g/mol. The minimum atomic E-state index is -0.794. The standard InChI is InChI=1S/C9H12N4O3S/c1-5-2-6(13-16-5)3-11-8(14)9(15)12-4-7(10)17/h2H,3-4H2,1H3,(H2,10,17)(H,11,14)(H,12,15). The van der Waals surface area contributed by atoms with Gasteiger partial charge in [-0.05, 0) is 6.92 Å². The molecule has 0 saturated heterocycles. The minimum Gasteiger partial charge on any atom is -0.392 e. The number of hydrogen-bond donors (Lipinski definition) is 3. The fraction of sp³-hybridized carbons (Fsp3) is 0.333. The van der Waals surface area contributed by atoms with Gasteiger partial charge in [0.2, 0.25) is 0 Å². The third-order valence-corrected chi connectivity index (χ3v) is 1.88. The molecule has 0 radical (unpaired) electrons. The molecule has 0 fully saturated rings.